The van der Waals surface area contributed by atoms with Crippen molar-refractivity contribution < 1.29 is 9.47 Å². The predicted octanol–water partition coefficient (Wildman–Crippen LogP) is 2.79. The van der Waals surface area contributed by atoms with Gasteiger partial charge < -0.3 is 9.47 Å². The Bertz CT molecular complexity index is 308. The van der Waals surface area contributed by atoms with E-state index in [1.165, 1.54) is 0 Å². The molecule has 0 saturated carbocycles. The normalized spacial score (nSPS) is 24.4. The summed E-state index contributed by atoms with van der Waals surface area (Å²) >= 11 is 0. The quantitative estimate of drug-likeness (QED) is 0.587. The average molecular weight is 192 g/mol. The van der Waals surface area contributed by atoms with Crippen molar-refractivity contribution in [2.45, 2.75) is 20.3 Å². The van der Waals surface area contributed by atoms with Crippen LogP contribution >= 0.6 is 0 Å². The molecule has 0 aromatic rings. The molecule has 1 aliphatic heterocycles. The fourth-order valence-electron chi connectivity index (χ4n) is 1.58. The Labute approximate surface area is 84.9 Å². The average Bonchev–Trinajstić information content (AvgIpc) is 2.36. The largest absolute Gasteiger partial charge is 0.490 e. The van der Waals surface area contributed by atoms with Crippen molar-refractivity contribution in [3.63, 3.8) is 0 Å². The maximum atomic E-state index is 5.65. The van der Waals surface area contributed by atoms with Crippen molar-refractivity contribution in [2.75, 3.05) is 13.2 Å². The molecule has 0 spiro atoms. The monoisotopic (exact) mass is 192 g/mol. The van der Waals surface area contributed by atoms with Gasteiger partial charge in [0.25, 0.3) is 0 Å². The number of fused-ring (bicyclic) bond motifs is 1. The number of allylic oxidation sites excluding steroid dienone is 4. The summed E-state index contributed by atoms with van der Waals surface area (Å²) in [7, 11) is 0. The zero-order chi connectivity index (χ0) is 10.0. The Hall–Kier alpha value is -1.18. The first-order chi connectivity index (χ1) is 6.67. The first-order valence-electron chi connectivity index (χ1n) is 5.06. The molecular weight excluding hydrogens is 176 g/mol. The van der Waals surface area contributed by atoms with Crippen LogP contribution in [0.15, 0.2) is 35.8 Å². The summed E-state index contributed by atoms with van der Waals surface area (Å²) in [5.41, 5.74) is 0.0429. The van der Waals surface area contributed by atoms with Crippen LogP contribution in [0, 0.1) is 5.41 Å². The molecule has 1 heterocycles. The molecule has 76 valence electrons. The Morgan fingerprint density at radius 2 is 1.86 bits per heavy atom. The van der Waals surface area contributed by atoms with Gasteiger partial charge in [0, 0.05) is 11.8 Å². The summed E-state index contributed by atoms with van der Waals surface area (Å²) in [4.78, 5) is 0. The Kier molecular flexibility index (Phi) is 2.36. The van der Waals surface area contributed by atoms with E-state index in [-0.39, 0.29) is 5.41 Å². The summed E-state index contributed by atoms with van der Waals surface area (Å²) in [5, 5.41) is 0. The molecule has 0 unspecified atom stereocenters. The van der Waals surface area contributed by atoms with E-state index in [0.717, 1.165) is 31.2 Å². The molecule has 0 aromatic heterocycles. The van der Waals surface area contributed by atoms with Gasteiger partial charge in [0.15, 0.2) is 11.5 Å². The Morgan fingerprint density at radius 1 is 1.14 bits per heavy atom. The van der Waals surface area contributed by atoms with Crippen LogP contribution in [-0.4, -0.2) is 13.2 Å². The van der Waals surface area contributed by atoms with Crippen LogP contribution in [0.1, 0.15) is 20.3 Å². The second-order valence-electron chi connectivity index (χ2n) is 4.27. The van der Waals surface area contributed by atoms with Gasteiger partial charge in [0.05, 0.1) is 13.2 Å². The van der Waals surface area contributed by atoms with Crippen molar-refractivity contribution in [3.05, 3.63) is 35.8 Å². The van der Waals surface area contributed by atoms with E-state index >= 15 is 0 Å². The van der Waals surface area contributed by atoms with Crippen molar-refractivity contribution in [2.24, 2.45) is 5.41 Å². The van der Waals surface area contributed by atoms with Gasteiger partial charge >= 0.3 is 0 Å². The van der Waals surface area contributed by atoms with Gasteiger partial charge in [-0.1, -0.05) is 26.0 Å². The Balaban J connectivity index is 2.33. The van der Waals surface area contributed by atoms with E-state index in [1.807, 2.05) is 12.2 Å². The number of hydrogen-bond donors (Lipinski definition) is 0. The fourth-order valence-corrected chi connectivity index (χ4v) is 1.58. The minimum absolute atomic E-state index is 0.0429. The van der Waals surface area contributed by atoms with Crippen molar-refractivity contribution >= 4 is 0 Å². The summed E-state index contributed by atoms with van der Waals surface area (Å²) in [5.74, 6) is 1.75. The highest BCUT2D eigenvalue weighted by Gasteiger charge is 2.20. The summed E-state index contributed by atoms with van der Waals surface area (Å²) < 4.78 is 11.2. The fraction of sp³-hybridized carbons (Fsp3) is 0.500. The summed E-state index contributed by atoms with van der Waals surface area (Å²) in [6.07, 6.45) is 9.24. The molecule has 0 N–H and O–H groups in total. The third-order valence-electron chi connectivity index (χ3n) is 2.32. The zero-order valence-corrected chi connectivity index (χ0v) is 8.75. The first-order valence-corrected chi connectivity index (χ1v) is 5.06. The molecule has 1 aliphatic carbocycles. The molecule has 0 radical (unpaired) electrons. The highest BCUT2D eigenvalue weighted by molar-refractivity contribution is 5.32. The molecule has 14 heavy (non-hydrogen) atoms. The van der Waals surface area contributed by atoms with Gasteiger partial charge in [-0.2, -0.15) is 0 Å². The minimum atomic E-state index is 0.0429. The van der Waals surface area contributed by atoms with Gasteiger partial charge in [-0.15, -0.1) is 0 Å². The third-order valence-corrected chi connectivity index (χ3v) is 2.32. The van der Waals surface area contributed by atoms with Crippen molar-refractivity contribution in [1.82, 2.24) is 0 Å². The maximum absolute atomic E-state index is 5.65. The smallest absolute Gasteiger partial charge is 0.160 e. The molecule has 2 rings (SSSR count). The maximum Gasteiger partial charge on any atom is 0.160 e. The second-order valence-corrected chi connectivity index (χ2v) is 4.27. The van der Waals surface area contributed by atoms with Crippen LogP contribution in [0.4, 0.5) is 0 Å². The summed E-state index contributed by atoms with van der Waals surface area (Å²) in [6.45, 7) is 5.81. The number of ether oxygens (including phenoxy) is 2. The van der Waals surface area contributed by atoms with Crippen molar-refractivity contribution in [1.29, 1.82) is 0 Å². The lowest BCUT2D eigenvalue weighted by Crippen LogP contribution is -2.05. The third kappa shape index (κ3) is 2.00. The lowest BCUT2D eigenvalue weighted by Gasteiger charge is -2.16. The Morgan fingerprint density at radius 3 is 2.64 bits per heavy atom. The molecule has 1 saturated heterocycles. The topological polar surface area (TPSA) is 18.5 Å². The van der Waals surface area contributed by atoms with Crippen LogP contribution in [0.2, 0.25) is 0 Å². The van der Waals surface area contributed by atoms with Gasteiger partial charge in [-0.05, 0) is 12.2 Å². The minimum Gasteiger partial charge on any atom is -0.490 e. The van der Waals surface area contributed by atoms with Gasteiger partial charge in [-0.3, -0.25) is 0 Å². The van der Waals surface area contributed by atoms with Crippen LogP contribution < -0.4 is 0 Å². The van der Waals surface area contributed by atoms with Crippen molar-refractivity contribution in [3.8, 4) is 0 Å². The molecule has 0 amide bonds. The molecule has 1 fully saturated rings. The van der Waals surface area contributed by atoms with E-state index < -0.39 is 0 Å². The van der Waals surface area contributed by atoms with Crippen LogP contribution in [0.25, 0.3) is 0 Å². The molecular formula is C12H16O2. The van der Waals surface area contributed by atoms with Crippen LogP contribution in [-0.2, 0) is 9.47 Å². The van der Waals surface area contributed by atoms with Crippen LogP contribution in [0.3, 0.4) is 0 Å². The lowest BCUT2D eigenvalue weighted by atomic mass is 9.93. The first kappa shape index (κ1) is 9.38. The second kappa shape index (κ2) is 3.52. The predicted molar refractivity (Wildman–Crippen MR) is 55.6 cm³/mol. The number of hydrogen-bond acceptors (Lipinski definition) is 2. The molecule has 2 heteroatoms. The van der Waals surface area contributed by atoms with E-state index in [4.69, 9.17) is 9.47 Å². The van der Waals surface area contributed by atoms with E-state index in [0.29, 0.717) is 0 Å². The molecule has 0 atom stereocenters. The van der Waals surface area contributed by atoms with E-state index in [1.54, 1.807) is 0 Å². The van der Waals surface area contributed by atoms with Crippen LogP contribution in [0.5, 0.6) is 0 Å². The molecule has 2 nitrogen and oxygen atoms in total. The van der Waals surface area contributed by atoms with E-state index in [9.17, 15) is 0 Å². The highest BCUT2D eigenvalue weighted by Crippen LogP contribution is 2.29. The molecule has 0 aromatic carbocycles. The standard InChI is InChI=1S/C12H16O2/c1-12(2)6-3-5-10-11(9-12)14-8-4-7-13-10/h3,5-6,9H,4,7-8H2,1-2H3. The molecule has 2 aliphatic rings. The zero-order valence-electron chi connectivity index (χ0n) is 8.75. The van der Waals surface area contributed by atoms with E-state index in [2.05, 4.69) is 26.0 Å². The molecule has 0 bridgehead atoms. The SMILES string of the molecule is CC1(C)C=CC=C2OCCCOC2=C1. The van der Waals surface area contributed by atoms with Gasteiger partial charge in [0.1, 0.15) is 0 Å². The number of rotatable bonds is 0. The van der Waals surface area contributed by atoms with Gasteiger partial charge in [-0.25, -0.2) is 0 Å². The highest BCUT2D eigenvalue weighted by atomic mass is 16.5. The lowest BCUT2D eigenvalue weighted by molar-refractivity contribution is 0.217. The summed E-state index contributed by atoms with van der Waals surface area (Å²) in [6, 6.07) is 0. The van der Waals surface area contributed by atoms with Gasteiger partial charge in [0.2, 0.25) is 0 Å².